The number of halogens is 1. The van der Waals surface area contributed by atoms with E-state index >= 15 is 0 Å². The Bertz CT molecular complexity index is 700. The molecule has 0 atom stereocenters. The highest BCUT2D eigenvalue weighted by Gasteiger charge is 2.39. The van der Waals surface area contributed by atoms with Crippen LogP contribution in [0.4, 0.5) is 0 Å². The summed E-state index contributed by atoms with van der Waals surface area (Å²) in [4.78, 5) is 24.1. The highest BCUT2D eigenvalue weighted by atomic mass is 79.9. The number of hydrogen-bond acceptors (Lipinski definition) is 7. The number of hydrogen-bond donors (Lipinski definition) is 0. The molecule has 1 fully saturated rings. The Labute approximate surface area is 147 Å². The van der Waals surface area contributed by atoms with Crippen molar-refractivity contribution >= 4 is 33.9 Å². The molecule has 8 heteroatoms. The zero-order chi connectivity index (χ0) is 18.1. The van der Waals surface area contributed by atoms with Crippen LogP contribution in [0.5, 0.6) is 17.2 Å². The van der Waals surface area contributed by atoms with E-state index in [2.05, 4.69) is 15.9 Å². The molecule has 0 saturated carbocycles. The lowest BCUT2D eigenvalue weighted by molar-refractivity contribution is -0.222. The third-order valence-electron chi connectivity index (χ3n) is 3.21. The van der Waals surface area contributed by atoms with Crippen LogP contribution in [0.15, 0.2) is 16.1 Å². The maximum Gasteiger partial charge on any atom is 0.348 e. The average Bonchev–Trinajstić information content (AvgIpc) is 2.50. The number of methoxy groups -OCH3 is 3. The number of rotatable bonds is 4. The summed E-state index contributed by atoms with van der Waals surface area (Å²) in [5.74, 6) is -1.71. The van der Waals surface area contributed by atoms with E-state index < -0.39 is 17.7 Å². The Morgan fingerprint density at radius 1 is 1.00 bits per heavy atom. The largest absolute Gasteiger partial charge is 0.493 e. The lowest BCUT2D eigenvalue weighted by Crippen LogP contribution is -2.41. The molecule has 130 valence electrons. The Kier molecular flexibility index (Phi) is 5.08. The summed E-state index contributed by atoms with van der Waals surface area (Å²) in [6, 6.07) is 1.60. The molecule has 0 radical (unpaired) electrons. The van der Waals surface area contributed by atoms with Crippen molar-refractivity contribution in [2.24, 2.45) is 0 Å². The van der Waals surface area contributed by atoms with Gasteiger partial charge in [0.1, 0.15) is 5.57 Å². The Morgan fingerprint density at radius 2 is 1.54 bits per heavy atom. The maximum atomic E-state index is 12.1. The predicted octanol–water partition coefficient (Wildman–Crippen LogP) is 2.69. The molecule has 0 amide bonds. The van der Waals surface area contributed by atoms with Gasteiger partial charge in [-0.3, -0.25) is 0 Å². The Morgan fingerprint density at radius 3 is 2.00 bits per heavy atom. The molecule has 1 heterocycles. The standard InChI is InChI=1S/C16H17BrO7/c1-16(2)23-14(18)9(15(19)24-16)6-8-7-10(20-3)12(21-4)13(22-5)11(8)17/h6-7H,1-5H3. The molecule has 24 heavy (non-hydrogen) atoms. The topological polar surface area (TPSA) is 80.3 Å². The summed E-state index contributed by atoms with van der Waals surface area (Å²) >= 11 is 3.38. The number of esters is 2. The van der Waals surface area contributed by atoms with Crippen LogP contribution in [0.3, 0.4) is 0 Å². The number of benzene rings is 1. The van der Waals surface area contributed by atoms with Gasteiger partial charge in [0, 0.05) is 13.8 Å². The second-order valence-corrected chi connectivity index (χ2v) is 6.08. The molecular weight excluding hydrogens is 384 g/mol. The van der Waals surface area contributed by atoms with Gasteiger partial charge in [0.2, 0.25) is 5.75 Å². The van der Waals surface area contributed by atoms with Crippen LogP contribution < -0.4 is 14.2 Å². The van der Waals surface area contributed by atoms with E-state index in [1.165, 1.54) is 41.3 Å². The van der Waals surface area contributed by atoms with Crippen molar-refractivity contribution in [3.05, 3.63) is 21.7 Å². The SMILES string of the molecule is COc1cc(C=C2C(=O)OC(C)(C)OC2=O)c(Br)c(OC)c1OC. The molecular formula is C16H17BrO7. The lowest BCUT2D eigenvalue weighted by Gasteiger charge is -2.29. The summed E-state index contributed by atoms with van der Waals surface area (Å²) in [5.41, 5.74) is 0.234. The maximum absolute atomic E-state index is 12.1. The minimum absolute atomic E-state index is 0.232. The number of carbonyl (C=O) groups is 2. The van der Waals surface area contributed by atoms with E-state index in [0.717, 1.165) is 0 Å². The number of carbonyl (C=O) groups excluding carboxylic acids is 2. The predicted molar refractivity (Wildman–Crippen MR) is 88.0 cm³/mol. The fourth-order valence-corrected chi connectivity index (χ4v) is 2.75. The first-order chi connectivity index (χ1) is 11.2. The van der Waals surface area contributed by atoms with Gasteiger partial charge in [-0.15, -0.1) is 0 Å². The van der Waals surface area contributed by atoms with Crippen molar-refractivity contribution in [3.8, 4) is 17.2 Å². The first-order valence-corrected chi connectivity index (χ1v) is 7.70. The molecule has 1 saturated heterocycles. The molecule has 0 bridgehead atoms. The van der Waals surface area contributed by atoms with Gasteiger partial charge in [-0.25, -0.2) is 9.59 Å². The third-order valence-corrected chi connectivity index (χ3v) is 4.03. The van der Waals surface area contributed by atoms with Crippen molar-refractivity contribution in [1.29, 1.82) is 0 Å². The quantitative estimate of drug-likeness (QED) is 0.436. The van der Waals surface area contributed by atoms with E-state index in [0.29, 0.717) is 27.3 Å². The van der Waals surface area contributed by atoms with Crippen molar-refractivity contribution in [3.63, 3.8) is 0 Å². The van der Waals surface area contributed by atoms with Crippen LogP contribution in [-0.2, 0) is 19.1 Å². The number of ether oxygens (including phenoxy) is 5. The van der Waals surface area contributed by atoms with E-state index in [-0.39, 0.29) is 5.57 Å². The minimum atomic E-state index is -1.29. The van der Waals surface area contributed by atoms with Crippen molar-refractivity contribution in [2.75, 3.05) is 21.3 Å². The van der Waals surface area contributed by atoms with Crippen molar-refractivity contribution in [1.82, 2.24) is 0 Å². The fraction of sp³-hybridized carbons (Fsp3) is 0.375. The molecule has 1 aliphatic rings. The van der Waals surface area contributed by atoms with E-state index in [1.54, 1.807) is 6.07 Å². The van der Waals surface area contributed by atoms with Gasteiger partial charge in [-0.2, -0.15) is 0 Å². The summed E-state index contributed by atoms with van der Waals surface area (Å²) < 4.78 is 26.5. The van der Waals surface area contributed by atoms with Gasteiger partial charge < -0.3 is 23.7 Å². The zero-order valence-corrected chi connectivity index (χ0v) is 15.5. The first kappa shape index (κ1) is 18.1. The third kappa shape index (κ3) is 3.33. The van der Waals surface area contributed by atoms with Crippen LogP contribution in [0.25, 0.3) is 6.08 Å². The second-order valence-electron chi connectivity index (χ2n) is 5.29. The monoisotopic (exact) mass is 400 g/mol. The summed E-state index contributed by atoms with van der Waals surface area (Å²) in [7, 11) is 4.40. The average molecular weight is 401 g/mol. The van der Waals surface area contributed by atoms with Crippen LogP contribution >= 0.6 is 15.9 Å². The number of cyclic esters (lactones) is 2. The van der Waals surface area contributed by atoms with Crippen LogP contribution in [0, 0.1) is 0 Å². The van der Waals surface area contributed by atoms with Crippen molar-refractivity contribution < 1.29 is 33.3 Å². The van der Waals surface area contributed by atoms with Crippen LogP contribution in [0.2, 0.25) is 0 Å². The summed E-state index contributed by atoms with van der Waals surface area (Å²) in [5, 5.41) is 0. The molecule has 0 N–H and O–H groups in total. The normalized spacial score (nSPS) is 16.2. The minimum Gasteiger partial charge on any atom is -0.493 e. The summed E-state index contributed by atoms with van der Waals surface area (Å²) in [6.07, 6.45) is 1.34. The fourth-order valence-electron chi connectivity index (χ4n) is 2.18. The molecule has 0 aliphatic carbocycles. The highest BCUT2D eigenvalue weighted by molar-refractivity contribution is 9.10. The molecule has 7 nitrogen and oxygen atoms in total. The van der Waals surface area contributed by atoms with E-state index in [9.17, 15) is 9.59 Å². The van der Waals surface area contributed by atoms with Gasteiger partial charge in [-0.1, -0.05) is 0 Å². The molecule has 1 aliphatic heterocycles. The molecule has 2 rings (SSSR count). The van der Waals surface area contributed by atoms with Gasteiger partial charge in [0.05, 0.1) is 25.8 Å². The Balaban J connectivity index is 2.57. The molecule has 0 aromatic heterocycles. The van der Waals surface area contributed by atoms with Gasteiger partial charge in [-0.05, 0) is 33.6 Å². The van der Waals surface area contributed by atoms with Gasteiger partial charge >= 0.3 is 11.9 Å². The first-order valence-electron chi connectivity index (χ1n) is 6.91. The van der Waals surface area contributed by atoms with Gasteiger partial charge in [0.15, 0.2) is 11.5 Å². The molecule has 1 aromatic carbocycles. The van der Waals surface area contributed by atoms with Crippen LogP contribution in [0.1, 0.15) is 19.4 Å². The zero-order valence-electron chi connectivity index (χ0n) is 13.9. The van der Waals surface area contributed by atoms with Gasteiger partial charge in [0.25, 0.3) is 5.79 Å². The molecule has 0 spiro atoms. The van der Waals surface area contributed by atoms with Crippen LogP contribution in [-0.4, -0.2) is 39.1 Å². The smallest absolute Gasteiger partial charge is 0.348 e. The van der Waals surface area contributed by atoms with E-state index in [4.69, 9.17) is 23.7 Å². The Hall–Kier alpha value is -2.22. The molecule has 1 aromatic rings. The van der Waals surface area contributed by atoms with Crippen molar-refractivity contribution in [2.45, 2.75) is 19.6 Å². The lowest BCUT2D eigenvalue weighted by atomic mass is 10.1. The summed E-state index contributed by atoms with van der Waals surface area (Å²) in [6.45, 7) is 2.96. The highest BCUT2D eigenvalue weighted by Crippen LogP contribution is 2.45. The molecule has 0 unspecified atom stereocenters. The van der Waals surface area contributed by atoms with E-state index in [1.807, 2.05) is 0 Å². The second kappa shape index (κ2) is 6.72.